The summed E-state index contributed by atoms with van der Waals surface area (Å²) in [6.45, 7) is 11.3. The molecule has 21 heavy (non-hydrogen) atoms. The molecule has 124 valence electrons. The van der Waals surface area contributed by atoms with Gasteiger partial charge in [-0.3, -0.25) is 4.99 Å². The van der Waals surface area contributed by atoms with Crippen molar-refractivity contribution in [1.29, 1.82) is 0 Å². The normalized spacial score (nSPS) is 18.5. The van der Waals surface area contributed by atoms with E-state index in [0.29, 0.717) is 0 Å². The summed E-state index contributed by atoms with van der Waals surface area (Å²) < 4.78 is 5.04. The first-order valence-electron chi connectivity index (χ1n) is 8.18. The highest BCUT2D eigenvalue weighted by molar-refractivity contribution is 5.79. The molecule has 1 fully saturated rings. The van der Waals surface area contributed by atoms with E-state index in [1.807, 2.05) is 0 Å². The zero-order valence-electron chi connectivity index (χ0n) is 14.0. The maximum absolute atomic E-state index is 5.04. The third-order valence-corrected chi connectivity index (χ3v) is 3.65. The number of likely N-dealkylation sites (N-methyl/N-ethyl adjacent to an activating group) is 1. The van der Waals surface area contributed by atoms with Crippen LogP contribution >= 0.6 is 0 Å². The number of aliphatic imine (C=N–C) groups is 1. The van der Waals surface area contributed by atoms with Crippen LogP contribution in [0.5, 0.6) is 0 Å². The molecular weight excluding hydrogens is 266 g/mol. The second kappa shape index (κ2) is 11.8. The Morgan fingerprint density at radius 2 is 2.05 bits per heavy atom. The Labute approximate surface area is 129 Å². The van der Waals surface area contributed by atoms with Crippen molar-refractivity contribution in [2.75, 3.05) is 73.1 Å². The Morgan fingerprint density at radius 3 is 2.81 bits per heavy atom. The van der Waals surface area contributed by atoms with Crippen LogP contribution in [0, 0.1) is 0 Å². The summed E-state index contributed by atoms with van der Waals surface area (Å²) in [6, 6.07) is 0. The Morgan fingerprint density at radius 1 is 1.19 bits per heavy atom. The minimum absolute atomic E-state index is 0.768. The molecule has 1 aliphatic rings. The van der Waals surface area contributed by atoms with Gasteiger partial charge < -0.3 is 25.2 Å². The van der Waals surface area contributed by atoms with Gasteiger partial charge in [-0.15, -0.1) is 0 Å². The van der Waals surface area contributed by atoms with Crippen molar-refractivity contribution in [3.05, 3.63) is 0 Å². The fraction of sp³-hybridized carbons (Fsp3) is 0.933. The van der Waals surface area contributed by atoms with Crippen molar-refractivity contribution >= 4 is 5.96 Å². The SMILES string of the molecule is CCNC(=NCCCOC)NCCN1CCCN(C)CC1. The van der Waals surface area contributed by atoms with Gasteiger partial charge in [-0.05, 0) is 39.9 Å². The topological polar surface area (TPSA) is 52.1 Å². The predicted octanol–water partition coefficient (Wildman–Crippen LogP) is 0.216. The molecule has 6 heteroatoms. The van der Waals surface area contributed by atoms with Gasteiger partial charge in [-0.1, -0.05) is 0 Å². The van der Waals surface area contributed by atoms with Crippen molar-refractivity contribution in [3.63, 3.8) is 0 Å². The van der Waals surface area contributed by atoms with Gasteiger partial charge in [-0.2, -0.15) is 0 Å². The molecule has 0 aliphatic carbocycles. The lowest BCUT2D eigenvalue weighted by atomic mass is 10.4. The molecule has 1 aliphatic heterocycles. The van der Waals surface area contributed by atoms with E-state index in [2.05, 4.69) is 39.4 Å². The highest BCUT2D eigenvalue weighted by atomic mass is 16.5. The van der Waals surface area contributed by atoms with E-state index >= 15 is 0 Å². The second-order valence-corrected chi connectivity index (χ2v) is 5.53. The first-order chi connectivity index (χ1) is 10.3. The first kappa shape index (κ1) is 18.2. The lowest BCUT2D eigenvalue weighted by Crippen LogP contribution is -2.42. The largest absolute Gasteiger partial charge is 0.385 e. The number of hydrogen-bond donors (Lipinski definition) is 2. The first-order valence-corrected chi connectivity index (χ1v) is 8.18. The van der Waals surface area contributed by atoms with E-state index in [0.717, 1.165) is 45.2 Å². The number of nitrogens with zero attached hydrogens (tertiary/aromatic N) is 3. The molecular formula is C15H33N5O. The van der Waals surface area contributed by atoms with Crippen molar-refractivity contribution < 1.29 is 4.74 Å². The van der Waals surface area contributed by atoms with Gasteiger partial charge in [0, 0.05) is 53.0 Å². The van der Waals surface area contributed by atoms with Crippen LogP contribution in [0.15, 0.2) is 4.99 Å². The quantitative estimate of drug-likeness (QED) is 0.381. The minimum Gasteiger partial charge on any atom is -0.385 e. The highest BCUT2D eigenvalue weighted by Crippen LogP contribution is 1.99. The molecule has 0 spiro atoms. The van der Waals surface area contributed by atoms with Crippen molar-refractivity contribution in [1.82, 2.24) is 20.4 Å². The molecule has 0 saturated carbocycles. The lowest BCUT2D eigenvalue weighted by molar-refractivity contribution is 0.197. The number of methoxy groups -OCH3 is 1. The zero-order valence-corrected chi connectivity index (χ0v) is 14.0. The van der Waals surface area contributed by atoms with Crippen LogP contribution in [0.4, 0.5) is 0 Å². The molecule has 6 nitrogen and oxygen atoms in total. The van der Waals surface area contributed by atoms with Crippen LogP contribution in [0.1, 0.15) is 19.8 Å². The monoisotopic (exact) mass is 299 g/mol. The Kier molecular flexibility index (Phi) is 10.2. The number of hydrogen-bond acceptors (Lipinski definition) is 4. The molecule has 0 atom stereocenters. The van der Waals surface area contributed by atoms with E-state index in [1.165, 1.54) is 32.6 Å². The number of guanidine groups is 1. The summed E-state index contributed by atoms with van der Waals surface area (Å²) in [5.41, 5.74) is 0. The van der Waals surface area contributed by atoms with Crippen LogP contribution in [0.2, 0.25) is 0 Å². The molecule has 0 amide bonds. The van der Waals surface area contributed by atoms with Crippen LogP contribution in [-0.2, 0) is 4.74 Å². The Balaban J connectivity index is 2.22. The summed E-state index contributed by atoms with van der Waals surface area (Å²) in [5, 5.41) is 6.71. The van der Waals surface area contributed by atoms with Crippen LogP contribution < -0.4 is 10.6 Å². The van der Waals surface area contributed by atoms with Gasteiger partial charge in [0.25, 0.3) is 0 Å². The van der Waals surface area contributed by atoms with E-state index in [9.17, 15) is 0 Å². The average Bonchev–Trinajstić information content (AvgIpc) is 2.68. The van der Waals surface area contributed by atoms with Gasteiger partial charge in [0.1, 0.15) is 0 Å². The van der Waals surface area contributed by atoms with E-state index in [-0.39, 0.29) is 0 Å². The van der Waals surface area contributed by atoms with Gasteiger partial charge in [0.05, 0.1) is 0 Å². The maximum atomic E-state index is 5.04. The smallest absolute Gasteiger partial charge is 0.191 e. The third-order valence-electron chi connectivity index (χ3n) is 3.65. The van der Waals surface area contributed by atoms with Crippen LogP contribution in [0.3, 0.4) is 0 Å². The lowest BCUT2D eigenvalue weighted by Gasteiger charge is -2.21. The van der Waals surface area contributed by atoms with Crippen LogP contribution in [0.25, 0.3) is 0 Å². The minimum atomic E-state index is 0.768. The number of ether oxygens (including phenoxy) is 1. The number of rotatable bonds is 8. The Hall–Kier alpha value is -0.850. The molecule has 1 heterocycles. The molecule has 0 radical (unpaired) electrons. The third kappa shape index (κ3) is 8.90. The van der Waals surface area contributed by atoms with Crippen LogP contribution in [-0.4, -0.2) is 88.9 Å². The highest BCUT2D eigenvalue weighted by Gasteiger charge is 2.11. The summed E-state index contributed by atoms with van der Waals surface area (Å²) in [4.78, 5) is 9.50. The molecule has 2 N–H and O–H groups in total. The summed E-state index contributed by atoms with van der Waals surface area (Å²) in [6.07, 6.45) is 2.23. The zero-order chi connectivity index (χ0) is 15.3. The predicted molar refractivity (Wildman–Crippen MR) is 89.0 cm³/mol. The summed E-state index contributed by atoms with van der Waals surface area (Å²) >= 11 is 0. The Bertz CT molecular complexity index is 285. The fourth-order valence-corrected chi connectivity index (χ4v) is 2.40. The van der Waals surface area contributed by atoms with Gasteiger partial charge in [0.2, 0.25) is 0 Å². The molecule has 1 saturated heterocycles. The summed E-state index contributed by atoms with van der Waals surface area (Å²) in [5.74, 6) is 0.917. The average molecular weight is 299 g/mol. The van der Waals surface area contributed by atoms with Crippen molar-refractivity contribution in [2.24, 2.45) is 4.99 Å². The standard InChI is InChI=1S/C15H33N5O/c1-4-16-15(17-7-5-14-21-3)18-8-11-20-10-6-9-19(2)12-13-20/h4-14H2,1-3H3,(H2,16,17,18). The number of nitrogens with one attached hydrogen (secondary N) is 2. The van der Waals surface area contributed by atoms with Crippen molar-refractivity contribution in [2.45, 2.75) is 19.8 Å². The van der Waals surface area contributed by atoms with Gasteiger partial charge in [-0.25, -0.2) is 0 Å². The molecule has 1 rings (SSSR count). The van der Waals surface area contributed by atoms with E-state index in [1.54, 1.807) is 7.11 Å². The molecule has 0 unspecified atom stereocenters. The van der Waals surface area contributed by atoms with Gasteiger partial charge in [0.15, 0.2) is 5.96 Å². The molecule has 0 aromatic carbocycles. The molecule has 0 bridgehead atoms. The molecule has 0 aromatic rings. The molecule has 0 aromatic heterocycles. The van der Waals surface area contributed by atoms with Crippen molar-refractivity contribution in [3.8, 4) is 0 Å². The maximum Gasteiger partial charge on any atom is 0.191 e. The van der Waals surface area contributed by atoms with E-state index < -0.39 is 0 Å². The second-order valence-electron chi connectivity index (χ2n) is 5.53. The fourth-order valence-electron chi connectivity index (χ4n) is 2.40. The summed E-state index contributed by atoms with van der Waals surface area (Å²) in [7, 11) is 3.93. The van der Waals surface area contributed by atoms with E-state index in [4.69, 9.17) is 4.74 Å². The van der Waals surface area contributed by atoms with Gasteiger partial charge >= 0.3 is 0 Å².